The van der Waals surface area contributed by atoms with Crippen LogP contribution in [-0.2, 0) is 68.4 Å². The van der Waals surface area contributed by atoms with Crippen LogP contribution in [0.3, 0.4) is 0 Å². The van der Waals surface area contributed by atoms with Gasteiger partial charge in [-0.05, 0) is 0 Å². The van der Waals surface area contributed by atoms with E-state index in [1.165, 1.54) is 15.2 Å². The maximum atomic E-state index is 2.86. The molecule has 0 heterocycles. The first kappa shape index (κ1) is 20.3. The second kappa shape index (κ2) is 10.4. The molecule has 0 nitrogen and oxygen atoms in total. The molecule has 0 aliphatic rings. The van der Waals surface area contributed by atoms with Crippen LogP contribution < -0.4 is 4.08 Å². The van der Waals surface area contributed by atoms with Crippen molar-refractivity contribution in [2.24, 2.45) is 0 Å². The molecule has 0 spiro atoms. The number of aryl methyl sites for hydroxylation is 2. The van der Waals surface area contributed by atoms with Gasteiger partial charge in [0.25, 0.3) is 0 Å². The molecular formula is C8H11Fe3IrP. The van der Waals surface area contributed by atoms with Gasteiger partial charge in [-0.3, -0.25) is 0 Å². The summed E-state index contributed by atoms with van der Waals surface area (Å²) in [4.78, 5) is 0. The van der Waals surface area contributed by atoms with Crippen LogP contribution in [-0.4, -0.2) is 0 Å². The number of rotatable bonds is 1. The molecule has 0 aromatic heterocycles. The Bertz CT molecular complexity index is 223. The van der Waals surface area contributed by atoms with Crippen molar-refractivity contribution in [3.63, 3.8) is 0 Å². The van der Waals surface area contributed by atoms with Gasteiger partial charge in [0.1, 0.15) is 0 Å². The molecule has 0 radical (unpaired) electrons. The summed E-state index contributed by atoms with van der Waals surface area (Å²) in [5.74, 6) is 0. The van der Waals surface area contributed by atoms with Crippen LogP contribution in [0.25, 0.3) is 0 Å². The fraction of sp³-hybridized carbons (Fsp3) is 0.250. The van der Waals surface area contributed by atoms with Gasteiger partial charge in [0.05, 0.1) is 0 Å². The van der Waals surface area contributed by atoms with Crippen molar-refractivity contribution in [3.05, 3.63) is 29.3 Å². The fourth-order valence-corrected chi connectivity index (χ4v) is 3.35. The second-order valence-electron chi connectivity index (χ2n) is 2.38. The number of hydrogen-bond acceptors (Lipinski definition) is 0. The first-order chi connectivity index (χ1) is 4.72. The van der Waals surface area contributed by atoms with Gasteiger partial charge < -0.3 is 0 Å². The first-order valence-electron chi connectivity index (χ1n) is 3.09. The van der Waals surface area contributed by atoms with E-state index >= 15 is 0 Å². The average molecular weight is 498 g/mol. The van der Waals surface area contributed by atoms with Crippen molar-refractivity contribution < 1.29 is 68.4 Å². The van der Waals surface area contributed by atoms with Gasteiger partial charge in [-0.25, -0.2) is 0 Å². The van der Waals surface area contributed by atoms with Crippen LogP contribution >= 0.6 is 7.48 Å². The predicted octanol–water partition coefficient (Wildman–Crippen LogP) is 1.79. The van der Waals surface area contributed by atoms with Gasteiger partial charge in [0.2, 0.25) is 0 Å². The van der Waals surface area contributed by atoms with E-state index in [2.05, 4.69) is 39.5 Å². The van der Waals surface area contributed by atoms with E-state index in [9.17, 15) is 0 Å². The molecule has 1 rings (SSSR count). The third-order valence-electron chi connectivity index (χ3n) is 1.28. The summed E-state index contributed by atoms with van der Waals surface area (Å²) in [6, 6.07) is 6.77. The Morgan fingerprint density at radius 3 is 1.62 bits per heavy atom. The van der Waals surface area contributed by atoms with Gasteiger partial charge in [-0.1, -0.05) is 0 Å². The molecule has 0 bridgehead atoms. The summed E-state index contributed by atoms with van der Waals surface area (Å²) in [6.45, 7) is 4.31. The Balaban J connectivity index is -0.000000333. The molecule has 0 fully saturated rings. The van der Waals surface area contributed by atoms with E-state index in [4.69, 9.17) is 0 Å². The Labute approximate surface area is 122 Å². The molecular weight excluding hydrogens is 487 g/mol. The SMILES string of the molecule is Cc1cc(C)c[c]([Ir][PH2])c1.[Fe].[Fe].[Fe]. The summed E-state index contributed by atoms with van der Waals surface area (Å²) in [7, 11) is 2.86. The summed E-state index contributed by atoms with van der Waals surface area (Å²) in [5, 5.41) is 0. The second-order valence-corrected chi connectivity index (χ2v) is 6.03. The van der Waals surface area contributed by atoms with Gasteiger partial charge in [-0.2, -0.15) is 0 Å². The van der Waals surface area contributed by atoms with Crippen molar-refractivity contribution in [2.45, 2.75) is 13.8 Å². The molecule has 0 aliphatic carbocycles. The van der Waals surface area contributed by atoms with Gasteiger partial charge in [-0.15, -0.1) is 0 Å². The fourth-order valence-electron chi connectivity index (χ4n) is 0.954. The minimum absolute atomic E-state index is 0. The largest absolute Gasteiger partial charge is 0 e. The third kappa shape index (κ3) is 7.75. The monoisotopic (exact) mass is 499 g/mol. The van der Waals surface area contributed by atoms with Crippen molar-refractivity contribution >= 4 is 11.6 Å². The van der Waals surface area contributed by atoms with Gasteiger partial charge in [0.15, 0.2) is 0 Å². The molecule has 0 N–H and O–H groups in total. The zero-order chi connectivity index (χ0) is 7.56. The van der Waals surface area contributed by atoms with Crippen molar-refractivity contribution in [1.29, 1.82) is 0 Å². The zero-order valence-electron chi connectivity index (χ0n) is 7.20. The quantitative estimate of drug-likeness (QED) is 0.410. The van der Waals surface area contributed by atoms with Crippen LogP contribution in [0.2, 0.25) is 0 Å². The standard InChI is InChI=1S/C8H9.3Fe.Ir.H2P/c1-7-4-3-5-8(2)6-7;;;;;/h4-6H,1-2H3;;;;;1H2/q;;;;+1;-1. The van der Waals surface area contributed by atoms with E-state index in [1.54, 1.807) is 0 Å². The average Bonchev–Trinajstić information content (AvgIpc) is 1.85. The summed E-state index contributed by atoms with van der Waals surface area (Å²) in [5.41, 5.74) is 2.78. The molecule has 5 heteroatoms. The maximum Gasteiger partial charge on any atom is 0 e. The van der Waals surface area contributed by atoms with Crippen LogP contribution in [0.15, 0.2) is 18.2 Å². The molecule has 13 heavy (non-hydrogen) atoms. The van der Waals surface area contributed by atoms with Crippen LogP contribution in [0, 0.1) is 13.8 Å². The molecule has 1 unspecified atom stereocenters. The van der Waals surface area contributed by atoms with Crippen molar-refractivity contribution in [1.82, 2.24) is 0 Å². The number of benzene rings is 1. The Morgan fingerprint density at radius 2 is 1.31 bits per heavy atom. The molecule has 0 saturated carbocycles. The van der Waals surface area contributed by atoms with Crippen molar-refractivity contribution in [3.8, 4) is 0 Å². The first-order valence-corrected chi connectivity index (χ1v) is 8.82. The zero-order valence-corrected chi connectivity index (χ0v) is 14.1. The maximum absolute atomic E-state index is 2.86. The summed E-state index contributed by atoms with van der Waals surface area (Å²) in [6.07, 6.45) is 0. The molecule has 1 atom stereocenters. The van der Waals surface area contributed by atoms with E-state index in [0.29, 0.717) is 0 Å². The smallest absolute Gasteiger partial charge is 0 e. The topological polar surface area (TPSA) is 0 Å². The summed E-state index contributed by atoms with van der Waals surface area (Å²) < 4.78 is 1.53. The van der Waals surface area contributed by atoms with Crippen molar-refractivity contribution in [2.75, 3.05) is 0 Å². The third-order valence-corrected chi connectivity index (χ3v) is 4.59. The van der Waals surface area contributed by atoms with E-state index < -0.39 is 0 Å². The molecule has 0 aliphatic heterocycles. The Kier molecular flexibility index (Phi) is 16.2. The van der Waals surface area contributed by atoms with Crippen LogP contribution in [0.1, 0.15) is 11.1 Å². The predicted molar refractivity (Wildman–Crippen MR) is 45.3 cm³/mol. The van der Waals surface area contributed by atoms with Gasteiger partial charge >= 0.3 is 71.9 Å². The number of hydrogen-bond donors (Lipinski definition) is 0. The minimum atomic E-state index is 0. The molecule has 1 aromatic rings. The molecule has 1 aromatic carbocycles. The van der Waals surface area contributed by atoms with Crippen LogP contribution in [0.5, 0.6) is 0 Å². The van der Waals surface area contributed by atoms with Gasteiger partial charge in [0, 0.05) is 51.2 Å². The Morgan fingerprint density at radius 1 is 0.923 bits per heavy atom. The molecule has 0 saturated heterocycles. The van der Waals surface area contributed by atoms with Crippen LogP contribution in [0.4, 0.5) is 0 Å². The minimum Gasteiger partial charge on any atom is 0 e. The summed E-state index contributed by atoms with van der Waals surface area (Å²) >= 11 is 0.0744. The molecule has 0 amide bonds. The normalized spacial score (nSPS) is 7.92. The van der Waals surface area contributed by atoms with E-state index in [0.717, 1.165) is 0 Å². The van der Waals surface area contributed by atoms with E-state index in [-0.39, 0.29) is 68.4 Å². The van der Waals surface area contributed by atoms with E-state index in [1.807, 2.05) is 0 Å². The molecule has 81 valence electrons. The Hall–Kier alpha value is 1.86.